The molecule has 0 atom stereocenters. The van der Waals surface area contributed by atoms with Crippen molar-refractivity contribution in [1.29, 1.82) is 0 Å². The number of nitrogens with one attached hydrogen (secondary N) is 1. The van der Waals surface area contributed by atoms with E-state index in [9.17, 15) is 0 Å². The van der Waals surface area contributed by atoms with E-state index in [0.29, 0.717) is 12.2 Å². The third-order valence-corrected chi connectivity index (χ3v) is 2.80. The van der Waals surface area contributed by atoms with Crippen molar-refractivity contribution in [3.05, 3.63) is 34.2 Å². The molecule has 1 aromatic carbocycles. The molecule has 0 aromatic heterocycles. The first-order chi connectivity index (χ1) is 8.29. The summed E-state index contributed by atoms with van der Waals surface area (Å²) < 4.78 is 0. The van der Waals surface area contributed by atoms with Gasteiger partial charge in [0, 0.05) is 42.5 Å². The molecule has 6 nitrogen and oxygen atoms in total. The maximum Gasteiger partial charge on any atom is 0.0512 e. The van der Waals surface area contributed by atoms with Crippen LogP contribution in [0.1, 0.15) is 5.56 Å². The summed E-state index contributed by atoms with van der Waals surface area (Å²) in [5.41, 5.74) is 17.0. The highest BCUT2D eigenvalue weighted by Crippen LogP contribution is 2.21. The Balaban J connectivity index is 2.20. The lowest BCUT2D eigenvalue weighted by Crippen LogP contribution is -2.43. The molecule has 1 heterocycles. The standard InChI is InChI=1S/C11H16N6/c12-10-5-9(8-15-16-13)6-11(7-10)17-3-1-14-2-4-17/h5-7,14H,1-4,8,12H2. The molecule has 1 aliphatic rings. The fourth-order valence-electron chi connectivity index (χ4n) is 2.01. The van der Waals surface area contributed by atoms with Crippen molar-refractivity contribution in [2.24, 2.45) is 5.11 Å². The van der Waals surface area contributed by atoms with Crippen molar-refractivity contribution in [1.82, 2.24) is 5.32 Å². The molecular weight excluding hydrogens is 216 g/mol. The summed E-state index contributed by atoms with van der Waals surface area (Å²) in [7, 11) is 0. The average molecular weight is 232 g/mol. The first kappa shape index (κ1) is 11.6. The molecular formula is C11H16N6. The van der Waals surface area contributed by atoms with Crippen LogP contribution in [0.25, 0.3) is 10.4 Å². The molecule has 0 bridgehead atoms. The summed E-state index contributed by atoms with van der Waals surface area (Å²) in [5, 5.41) is 6.87. The molecule has 1 aliphatic heterocycles. The van der Waals surface area contributed by atoms with Crippen LogP contribution in [0.2, 0.25) is 0 Å². The number of benzene rings is 1. The van der Waals surface area contributed by atoms with Crippen LogP contribution in [0.15, 0.2) is 23.3 Å². The second-order valence-electron chi connectivity index (χ2n) is 4.06. The van der Waals surface area contributed by atoms with E-state index in [0.717, 1.165) is 37.4 Å². The van der Waals surface area contributed by atoms with Gasteiger partial charge >= 0.3 is 0 Å². The minimum absolute atomic E-state index is 0.348. The SMILES string of the molecule is [N-]=[N+]=NCc1cc(N)cc(N2CCNCC2)c1. The number of hydrogen-bond acceptors (Lipinski definition) is 4. The number of nitrogens with zero attached hydrogens (tertiary/aromatic N) is 4. The Bertz CT molecular complexity index is 432. The Morgan fingerprint density at radius 1 is 1.35 bits per heavy atom. The minimum Gasteiger partial charge on any atom is -0.399 e. The third kappa shape index (κ3) is 3.03. The topological polar surface area (TPSA) is 90.0 Å². The zero-order chi connectivity index (χ0) is 12.1. The molecule has 0 saturated carbocycles. The maximum absolute atomic E-state index is 8.32. The Morgan fingerprint density at radius 3 is 2.82 bits per heavy atom. The lowest BCUT2D eigenvalue weighted by atomic mass is 10.1. The van der Waals surface area contributed by atoms with Crippen LogP contribution in [-0.2, 0) is 6.54 Å². The summed E-state index contributed by atoms with van der Waals surface area (Å²) in [5.74, 6) is 0. The van der Waals surface area contributed by atoms with Gasteiger partial charge in [0.2, 0.25) is 0 Å². The number of piperazine rings is 1. The van der Waals surface area contributed by atoms with Gasteiger partial charge in [-0.05, 0) is 29.3 Å². The van der Waals surface area contributed by atoms with Gasteiger partial charge in [0.05, 0.1) is 6.54 Å². The van der Waals surface area contributed by atoms with Crippen LogP contribution in [-0.4, -0.2) is 26.2 Å². The first-order valence-electron chi connectivity index (χ1n) is 5.65. The van der Waals surface area contributed by atoms with Gasteiger partial charge in [0.25, 0.3) is 0 Å². The Kier molecular flexibility index (Phi) is 3.69. The highest BCUT2D eigenvalue weighted by Gasteiger charge is 2.11. The van der Waals surface area contributed by atoms with Crippen LogP contribution in [0.3, 0.4) is 0 Å². The van der Waals surface area contributed by atoms with Gasteiger partial charge in [-0.25, -0.2) is 0 Å². The summed E-state index contributed by atoms with van der Waals surface area (Å²) >= 11 is 0. The molecule has 0 unspecified atom stereocenters. The number of hydrogen-bond donors (Lipinski definition) is 2. The van der Waals surface area contributed by atoms with Gasteiger partial charge in [-0.3, -0.25) is 0 Å². The maximum atomic E-state index is 8.32. The lowest BCUT2D eigenvalue weighted by Gasteiger charge is -2.30. The van der Waals surface area contributed by atoms with Crippen molar-refractivity contribution in [2.75, 3.05) is 36.8 Å². The van der Waals surface area contributed by atoms with Crippen molar-refractivity contribution < 1.29 is 0 Å². The van der Waals surface area contributed by atoms with Crippen molar-refractivity contribution in [3.8, 4) is 0 Å². The molecule has 2 rings (SSSR count). The fourth-order valence-corrected chi connectivity index (χ4v) is 2.01. The van der Waals surface area contributed by atoms with E-state index in [-0.39, 0.29) is 0 Å². The highest BCUT2D eigenvalue weighted by molar-refractivity contribution is 5.58. The molecule has 1 fully saturated rings. The lowest BCUT2D eigenvalue weighted by molar-refractivity contribution is 0.589. The summed E-state index contributed by atoms with van der Waals surface area (Å²) in [6.07, 6.45) is 0. The Labute approximate surface area is 100 Å². The number of anilines is 2. The van der Waals surface area contributed by atoms with Gasteiger partial charge in [-0.15, -0.1) is 0 Å². The van der Waals surface area contributed by atoms with Crippen LogP contribution >= 0.6 is 0 Å². The second-order valence-corrected chi connectivity index (χ2v) is 4.06. The molecule has 90 valence electrons. The van der Waals surface area contributed by atoms with Gasteiger partial charge in [0.15, 0.2) is 0 Å². The zero-order valence-electron chi connectivity index (χ0n) is 9.63. The molecule has 6 heteroatoms. The van der Waals surface area contributed by atoms with E-state index in [1.807, 2.05) is 18.2 Å². The average Bonchev–Trinajstić information content (AvgIpc) is 2.37. The predicted molar refractivity (Wildman–Crippen MR) is 68.8 cm³/mol. The van der Waals surface area contributed by atoms with Crippen LogP contribution < -0.4 is 16.0 Å². The smallest absolute Gasteiger partial charge is 0.0512 e. The Hall–Kier alpha value is -1.91. The van der Waals surface area contributed by atoms with Crippen LogP contribution in [0.4, 0.5) is 11.4 Å². The molecule has 3 N–H and O–H groups in total. The van der Waals surface area contributed by atoms with E-state index in [2.05, 4.69) is 20.2 Å². The number of nitrogens with two attached hydrogens (primary N) is 1. The number of azide groups is 1. The third-order valence-electron chi connectivity index (χ3n) is 2.80. The Morgan fingerprint density at radius 2 is 2.12 bits per heavy atom. The molecule has 1 aromatic rings. The van der Waals surface area contributed by atoms with Gasteiger partial charge in [0.1, 0.15) is 0 Å². The normalized spacial score (nSPS) is 15.4. The molecule has 0 amide bonds. The zero-order valence-corrected chi connectivity index (χ0v) is 9.63. The molecule has 0 radical (unpaired) electrons. The van der Waals surface area contributed by atoms with E-state index >= 15 is 0 Å². The number of rotatable bonds is 3. The van der Waals surface area contributed by atoms with Crippen molar-refractivity contribution in [2.45, 2.75) is 6.54 Å². The predicted octanol–water partition coefficient (Wildman–Crippen LogP) is 1.49. The van der Waals surface area contributed by atoms with Gasteiger partial charge in [-0.2, -0.15) is 0 Å². The summed E-state index contributed by atoms with van der Waals surface area (Å²) in [6.45, 7) is 4.27. The first-order valence-corrected chi connectivity index (χ1v) is 5.65. The molecule has 17 heavy (non-hydrogen) atoms. The van der Waals surface area contributed by atoms with Gasteiger partial charge in [-0.1, -0.05) is 5.11 Å². The fraction of sp³-hybridized carbons (Fsp3) is 0.455. The van der Waals surface area contributed by atoms with Crippen molar-refractivity contribution >= 4 is 11.4 Å². The monoisotopic (exact) mass is 232 g/mol. The molecule has 1 saturated heterocycles. The minimum atomic E-state index is 0.348. The number of nitrogen functional groups attached to an aromatic ring is 1. The highest BCUT2D eigenvalue weighted by atomic mass is 15.2. The van der Waals surface area contributed by atoms with Crippen molar-refractivity contribution in [3.63, 3.8) is 0 Å². The van der Waals surface area contributed by atoms with E-state index in [1.165, 1.54) is 0 Å². The van der Waals surface area contributed by atoms with Crippen LogP contribution in [0.5, 0.6) is 0 Å². The van der Waals surface area contributed by atoms with Crippen LogP contribution in [0, 0.1) is 0 Å². The van der Waals surface area contributed by atoms with E-state index in [4.69, 9.17) is 11.3 Å². The summed E-state index contributed by atoms with van der Waals surface area (Å²) in [4.78, 5) is 5.05. The quantitative estimate of drug-likeness (QED) is 0.358. The summed E-state index contributed by atoms with van der Waals surface area (Å²) in [6, 6.07) is 5.85. The molecule has 0 spiro atoms. The second kappa shape index (κ2) is 5.43. The van der Waals surface area contributed by atoms with Gasteiger partial charge < -0.3 is 16.0 Å². The largest absolute Gasteiger partial charge is 0.399 e. The van der Waals surface area contributed by atoms with E-state index in [1.54, 1.807) is 0 Å². The molecule has 0 aliphatic carbocycles. The van der Waals surface area contributed by atoms with E-state index < -0.39 is 0 Å².